The summed E-state index contributed by atoms with van der Waals surface area (Å²) in [5, 5.41) is 6.64. The number of amides is 1. The molecule has 1 aliphatic heterocycles. The van der Waals surface area contributed by atoms with Gasteiger partial charge < -0.3 is 24.3 Å². The van der Waals surface area contributed by atoms with Crippen LogP contribution >= 0.6 is 11.6 Å². The largest absolute Gasteiger partial charge is 0.493 e. The second-order valence-corrected chi connectivity index (χ2v) is 7.64. The highest BCUT2D eigenvalue weighted by Crippen LogP contribution is 2.38. The van der Waals surface area contributed by atoms with Gasteiger partial charge in [-0.25, -0.2) is 4.99 Å². The molecule has 0 radical (unpaired) electrons. The number of guanidine groups is 1. The van der Waals surface area contributed by atoms with Crippen molar-refractivity contribution in [3.8, 4) is 17.2 Å². The van der Waals surface area contributed by atoms with E-state index in [2.05, 4.69) is 15.6 Å². The Hall–Kier alpha value is -2.97. The topological polar surface area (TPSA) is 90.4 Å². The fraction of sp³-hybridized carbons (Fsp3) is 0.391. The molecular formula is C23H28ClN3O5. The molecule has 0 saturated carbocycles. The number of benzene rings is 2. The zero-order chi connectivity index (χ0) is 23.1. The molecule has 172 valence electrons. The number of nitrogens with zero attached hydrogens (tertiary/aromatic N) is 1. The molecule has 3 rings (SSSR count). The minimum atomic E-state index is -0.387. The molecule has 32 heavy (non-hydrogen) atoms. The summed E-state index contributed by atoms with van der Waals surface area (Å²) in [7, 11) is 4.50. The van der Waals surface area contributed by atoms with E-state index < -0.39 is 0 Å². The Kier molecular flexibility index (Phi) is 8.19. The Bertz CT molecular complexity index is 965. The number of carbonyl (C=O) groups is 1. The lowest BCUT2D eigenvalue weighted by Gasteiger charge is -2.17. The molecule has 2 aromatic rings. The van der Waals surface area contributed by atoms with E-state index in [1.807, 2.05) is 19.1 Å². The van der Waals surface area contributed by atoms with Gasteiger partial charge in [-0.3, -0.25) is 10.1 Å². The molecule has 0 spiro atoms. The maximum atomic E-state index is 13.1. The lowest BCUT2D eigenvalue weighted by Crippen LogP contribution is -2.37. The van der Waals surface area contributed by atoms with Gasteiger partial charge in [0.1, 0.15) is 0 Å². The molecule has 8 nitrogen and oxygen atoms in total. The van der Waals surface area contributed by atoms with Gasteiger partial charge in [0, 0.05) is 22.9 Å². The number of rotatable bonds is 7. The molecule has 9 heteroatoms. The van der Waals surface area contributed by atoms with Gasteiger partial charge in [-0.05, 0) is 49.6 Å². The molecule has 0 aliphatic carbocycles. The first-order valence-electron chi connectivity index (χ1n) is 10.3. The molecule has 2 N–H and O–H groups in total. The number of hydrogen-bond acceptors (Lipinski definition) is 6. The van der Waals surface area contributed by atoms with Gasteiger partial charge in [0.25, 0.3) is 5.91 Å². The van der Waals surface area contributed by atoms with Gasteiger partial charge in [0.15, 0.2) is 11.5 Å². The van der Waals surface area contributed by atoms with E-state index in [0.717, 1.165) is 30.7 Å². The fourth-order valence-corrected chi connectivity index (χ4v) is 3.53. The number of aliphatic imine (C=N–C) groups is 1. The van der Waals surface area contributed by atoms with Crippen LogP contribution in [0.5, 0.6) is 17.2 Å². The number of nitrogens with one attached hydrogen (secondary N) is 2. The van der Waals surface area contributed by atoms with Gasteiger partial charge in [-0.2, -0.15) is 0 Å². The molecule has 0 unspecified atom stereocenters. The Morgan fingerprint density at radius 3 is 2.50 bits per heavy atom. The summed E-state index contributed by atoms with van der Waals surface area (Å²) in [6, 6.07) is 8.67. The molecule has 1 aliphatic rings. The third kappa shape index (κ3) is 5.63. The zero-order valence-corrected chi connectivity index (χ0v) is 19.4. The van der Waals surface area contributed by atoms with E-state index in [4.69, 9.17) is 30.5 Å². The minimum absolute atomic E-state index is 0.0327. The smallest absolute Gasteiger partial charge is 0.258 e. The van der Waals surface area contributed by atoms with Crippen molar-refractivity contribution in [1.29, 1.82) is 0 Å². The van der Waals surface area contributed by atoms with Crippen LogP contribution in [0.2, 0.25) is 5.02 Å². The molecular weight excluding hydrogens is 434 g/mol. The standard InChI is InChI=1S/C23H28ClN3O5/c1-14-17(24)8-5-9-18(14)26-23(25-13-16-7-6-10-32-16)27-22(28)15-11-19(29-2)21(31-4)20(12-15)30-3/h5,8-9,11-12,16H,6-7,10,13H2,1-4H3,(H2,25,26,27,28)/t16-/m0/s1. The summed E-state index contributed by atoms with van der Waals surface area (Å²) < 4.78 is 21.7. The average molecular weight is 462 g/mol. The van der Waals surface area contributed by atoms with Gasteiger partial charge in [0.2, 0.25) is 11.7 Å². The van der Waals surface area contributed by atoms with Gasteiger partial charge in [-0.15, -0.1) is 0 Å². The Labute approximate surface area is 192 Å². The molecule has 1 fully saturated rings. The molecule has 1 atom stereocenters. The highest BCUT2D eigenvalue weighted by atomic mass is 35.5. The van der Waals surface area contributed by atoms with E-state index in [0.29, 0.717) is 40.3 Å². The first-order valence-corrected chi connectivity index (χ1v) is 10.6. The van der Waals surface area contributed by atoms with Crippen LogP contribution in [0.3, 0.4) is 0 Å². The van der Waals surface area contributed by atoms with Crippen molar-refractivity contribution in [2.45, 2.75) is 25.9 Å². The van der Waals surface area contributed by atoms with Crippen LogP contribution in [0, 0.1) is 6.92 Å². The number of hydrogen-bond donors (Lipinski definition) is 2. The SMILES string of the molecule is COc1cc(C(=O)NC(=NC[C@@H]2CCCO2)Nc2cccc(Cl)c2C)cc(OC)c1OC. The highest BCUT2D eigenvalue weighted by Gasteiger charge is 2.20. The van der Waals surface area contributed by atoms with Crippen molar-refractivity contribution < 1.29 is 23.7 Å². The van der Waals surface area contributed by atoms with Gasteiger partial charge >= 0.3 is 0 Å². The molecule has 0 aromatic heterocycles. The molecule has 1 heterocycles. The Morgan fingerprint density at radius 2 is 1.91 bits per heavy atom. The minimum Gasteiger partial charge on any atom is -0.493 e. The summed E-state index contributed by atoms with van der Waals surface area (Å²) in [5.74, 6) is 1.08. The summed E-state index contributed by atoms with van der Waals surface area (Å²) >= 11 is 6.25. The van der Waals surface area contributed by atoms with Crippen molar-refractivity contribution >= 4 is 29.2 Å². The van der Waals surface area contributed by atoms with E-state index in [1.54, 1.807) is 18.2 Å². The van der Waals surface area contributed by atoms with Crippen LogP contribution in [0.25, 0.3) is 0 Å². The van der Waals surface area contributed by atoms with Crippen LogP contribution in [-0.2, 0) is 4.74 Å². The normalized spacial score (nSPS) is 15.9. The van der Waals surface area contributed by atoms with Crippen molar-refractivity contribution in [2.75, 3.05) is 39.8 Å². The molecule has 0 bridgehead atoms. The van der Waals surface area contributed by atoms with Gasteiger partial charge in [-0.1, -0.05) is 17.7 Å². The quantitative estimate of drug-likeness (QED) is 0.477. The summed E-state index contributed by atoms with van der Waals surface area (Å²) in [4.78, 5) is 17.7. The maximum Gasteiger partial charge on any atom is 0.258 e. The van der Waals surface area contributed by atoms with E-state index in [1.165, 1.54) is 21.3 Å². The Balaban J connectivity index is 1.87. The van der Waals surface area contributed by atoms with Crippen molar-refractivity contribution in [2.24, 2.45) is 4.99 Å². The second kappa shape index (κ2) is 11.1. The van der Waals surface area contributed by atoms with E-state index in [9.17, 15) is 4.79 Å². The van der Waals surface area contributed by atoms with Crippen LogP contribution < -0.4 is 24.8 Å². The number of ether oxygens (including phenoxy) is 4. The van der Waals surface area contributed by atoms with E-state index >= 15 is 0 Å². The van der Waals surface area contributed by atoms with Crippen LogP contribution in [0.15, 0.2) is 35.3 Å². The third-order valence-electron chi connectivity index (χ3n) is 5.16. The summed E-state index contributed by atoms with van der Waals surface area (Å²) in [5.41, 5.74) is 1.92. The third-order valence-corrected chi connectivity index (χ3v) is 5.57. The fourth-order valence-electron chi connectivity index (χ4n) is 3.35. The first kappa shape index (κ1) is 23.7. The molecule has 1 amide bonds. The number of carbonyl (C=O) groups excluding carboxylic acids is 1. The van der Waals surface area contributed by atoms with Crippen LogP contribution in [0.1, 0.15) is 28.8 Å². The van der Waals surface area contributed by atoms with E-state index in [-0.39, 0.29) is 12.0 Å². The molecule has 2 aromatic carbocycles. The average Bonchev–Trinajstić information content (AvgIpc) is 3.33. The zero-order valence-electron chi connectivity index (χ0n) is 18.7. The van der Waals surface area contributed by atoms with Crippen LogP contribution in [0.4, 0.5) is 5.69 Å². The Morgan fingerprint density at radius 1 is 1.19 bits per heavy atom. The first-order chi connectivity index (χ1) is 15.5. The molecule has 1 saturated heterocycles. The summed E-state index contributed by atoms with van der Waals surface area (Å²) in [6.45, 7) is 3.05. The van der Waals surface area contributed by atoms with Gasteiger partial charge in [0.05, 0.1) is 34.0 Å². The second-order valence-electron chi connectivity index (χ2n) is 7.23. The number of anilines is 1. The number of halogens is 1. The predicted octanol–water partition coefficient (Wildman–Crippen LogP) is 4.05. The van der Waals surface area contributed by atoms with Crippen LogP contribution in [-0.4, -0.2) is 52.5 Å². The van der Waals surface area contributed by atoms with Crippen molar-refractivity contribution in [1.82, 2.24) is 5.32 Å². The maximum absolute atomic E-state index is 13.1. The van der Waals surface area contributed by atoms with Crippen molar-refractivity contribution in [3.05, 3.63) is 46.5 Å². The van der Waals surface area contributed by atoms with Crippen molar-refractivity contribution in [3.63, 3.8) is 0 Å². The summed E-state index contributed by atoms with van der Waals surface area (Å²) in [6.07, 6.45) is 1.98. The monoisotopic (exact) mass is 461 g/mol. The highest BCUT2D eigenvalue weighted by molar-refractivity contribution is 6.31. The predicted molar refractivity (Wildman–Crippen MR) is 125 cm³/mol. The number of methoxy groups -OCH3 is 3. The lowest BCUT2D eigenvalue weighted by molar-refractivity contribution is 0.0974. The lowest BCUT2D eigenvalue weighted by atomic mass is 10.1.